The molecule has 0 fully saturated rings. The first-order valence-corrected chi connectivity index (χ1v) is 8.94. The summed E-state index contributed by atoms with van der Waals surface area (Å²) in [6, 6.07) is 7.52. The summed E-state index contributed by atoms with van der Waals surface area (Å²) in [4.78, 5) is 24.4. The van der Waals surface area contributed by atoms with Crippen molar-refractivity contribution < 1.29 is 23.8 Å². The van der Waals surface area contributed by atoms with Crippen LogP contribution in [0.5, 0.6) is 5.75 Å². The number of nitrogens with two attached hydrogens (primary N) is 1. The third kappa shape index (κ3) is 5.46. The molecule has 0 heterocycles. The molecule has 0 aliphatic rings. The van der Waals surface area contributed by atoms with Crippen LogP contribution in [0.3, 0.4) is 0 Å². The summed E-state index contributed by atoms with van der Waals surface area (Å²) in [6.07, 6.45) is 0.835. The Bertz CT molecular complexity index is 614. The summed E-state index contributed by atoms with van der Waals surface area (Å²) in [5.41, 5.74) is 5.67. The second-order valence-corrected chi connectivity index (χ2v) is 6.83. The Balaban J connectivity index is 3.14. The van der Waals surface area contributed by atoms with Crippen molar-refractivity contribution in [2.45, 2.75) is 52.5 Å². The lowest BCUT2D eigenvalue weighted by molar-refractivity contribution is -0.159. The van der Waals surface area contributed by atoms with Gasteiger partial charge in [0.05, 0.1) is 25.7 Å². The van der Waals surface area contributed by atoms with Gasteiger partial charge in [0, 0.05) is 12.0 Å². The molecule has 0 saturated carbocycles. The summed E-state index contributed by atoms with van der Waals surface area (Å²) in [6.45, 7) is 7.62. The summed E-state index contributed by atoms with van der Waals surface area (Å²) in [5.74, 6) is 0.00562. The standard InChI is InChI=1S/C20H31NO5/c1-6-25-17(22)11-12-20(21,19(3,4)18(23)26-7-2)14-15-9-8-10-16(13-15)24-5/h8-10,13H,6-7,11-12,14,21H2,1-5H3. The van der Waals surface area contributed by atoms with Crippen molar-refractivity contribution in [3.8, 4) is 5.75 Å². The number of hydrogen-bond donors (Lipinski definition) is 1. The number of ether oxygens (including phenoxy) is 3. The fraction of sp³-hybridized carbons (Fsp3) is 0.600. The molecule has 1 aromatic rings. The lowest BCUT2D eigenvalue weighted by Crippen LogP contribution is -2.58. The molecule has 6 heteroatoms. The summed E-state index contributed by atoms with van der Waals surface area (Å²) in [5, 5.41) is 0. The zero-order valence-corrected chi connectivity index (χ0v) is 16.5. The van der Waals surface area contributed by atoms with Crippen molar-refractivity contribution in [3.63, 3.8) is 0 Å². The van der Waals surface area contributed by atoms with Crippen LogP contribution >= 0.6 is 0 Å². The number of hydrogen-bond acceptors (Lipinski definition) is 6. The minimum absolute atomic E-state index is 0.136. The Morgan fingerprint density at radius 2 is 1.77 bits per heavy atom. The molecule has 0 aliphatic heterocycles. The first-order valence-electron chi connectivity index (χ1n) is 8.94. The molecule has 0 saturated heterocycles. The highest BCUT2D eigenvalue weighted by atomic mass is 16.5. The second kappa shape index (κ2) is 9.57. The fourth-order valence-corrected chi connectivity index (χ4v) is 2.84. The van der Waals surface area contributed by atoms with Crippen molar-refractivity contribution in [2.24, 2.45) is 11.1 Å². The number of carbonyl (C=O) groups is 2. The lowest BCUT2D eigenvalue weighted by atomic mass is 9.67. The maximum atomic E-state index is 12.6. The van der Waals surface area contributed by atoms with E-state index in [0.717, 1.165) is 5.56 Å². The van der Waals surface area contributed by atoms with Crippen molar-refractivity contribution in [3.05, 3.63) is 29.8 Å². The van der Waals surface area contributed by atoms with Crippen LogP contribution in [0.2, 0.25) is 0 Å². The van der Waals surface area contributed by atoms with Crippen molar-refractivity contribution in [2.75, 3.05) is 20.3 Å². The van der Waals surface area contributed by atoms with E-state index >= 15 is 0 Å². The van der Waals surface area contributed by atoms with Crippen LogP contribution in [0.25, 0.3) is 0 Å². The van der Waals surface area contributed by atoms with Gasteiger partial charge in [-0.25, -0.2) is 0 Å². The van der Waals surface area contributed by atoms with E-state index in [2.05, 4.69) is 0 Å². The predicted octanol–water partition coefficient (Wildman–Crippen LogP) is 2.87. The quantitative estimate of drug-likeness (QED) is 0.642. The lowest BCUT2D eigenvalue weighted by Gasteiger charge is -2.42. The molecule has 1 aromatic carbocycles. The highest BCUT2D eigenvalue weighted by molar-refractivity contribution is 5.78. The Hall–Kier alpha value is -2.08. The Kier molecular flexibility index (Phi) is 8.08. The zero-order chi connectivity index (χ0) is 19.8. The molecule has 0 bridgehead atoms. The molecule has 0 aliphatic carbocycles. The molecule has 1 rings (SSSR count). The van der Waals surface area contributed by atoms with Crippen LogP contribution in [0, 0.1) is 5.41 Å². The Morgan fingerprint density at radius 1 is 1.12 bits per heavy atom. The molecular weight excluding hydrogens is 334 g/mol. The normalized spacial score (nSPS) is 13.6. The smallest absolute Gasteiger partial charge is 0.313 e. The van der Waals surface area contributed by atoms with Gasteiger partial charge in [0.15, 0.2) is 0 Å². The van der Waals surface area contributed by atoms with Gasteiger partial charge in [0.2, 0.25) is 0 Å². The van der Waals surface area contributed by atoms with Crippen LogP contribution < -0.4 is 10.5 Å². The van der Waals surface area contributed by atoms with Crippen LogP contribution in [-0.2, 0) is 25.5 Å². The van der Waals surface area contributed by atoms with Gasteiger partial charge >= 0.3 is 11.9 Å². The average Bonchev–Trinajstić information content (AvgIpc) is 2.60. The molecule has 1 atom stereocenters. The Morgan fingerprint density at radius 3 is 2.35 bits per heavy atom. The van der Waals surface area contributed by atoms with E-state index in [4.69, 9.17) is 19.9 Å². The molecule has 0 radical (unpaired) electrons. The van der Waals surface area contributed by atoms with E-state index in [1.54, 1.807) is 34.8 Å². The minimum atomic E-state index is -0.988. The van der Waals surface area contributed by atoms with Crippen LogP contribution in [0.4, 0.5) is 0 Å². The van der Waals surface area contributed by atoms with Gasteiger partial charge in [0.25, 0.3) is 0 Å². The minimum Gasteiger partial charge on any atom is -0.497 e. The SMILES string of the molecule is CCOC(=O)CCC(N)(Cc1cccc(OC)c1)C(C)(C)C(=O)OCC. The molecule has 146 valence electrons. The molecule has 6 nitrogen and oxygen atoms in total. The molecule has 2 N–H and O–H groups in total. The van der Waals surface area contributed by atoms with Gasteiger partial charge in [-0.05, 0) is 58.2 Å². The molecule has 0 aromatic heterocycles. The van der Waals surface area contributed by atoms with Crippen LogP contribution in [-0.4, -0.2) is 37.8 Å². The zero-order valence-electron chi connectivity index (χ0n) is 16.5. The van der Waals surface area contributed by atoms with Crippen molar-refractivity contribution >= 4 is 11.9 Å². The fourth-order valence-electron chi connectivity index (χ4n) is 2.84. The van der Waals surface area contributed by atoms with Crippen molar-refractivity contribution in [1.82, 2.24) is 0 Å². The third-order valence-corrected chi connectivity index (χ3v) is 4.76. The molecule has 0 spiro atoms. The highest BCUT2D eigenvalue weighted by Crippen LogP contribution is 2.37. The maximum absolute atomic E-state index is 12.6. The van der Waals surface area contributed by atoms with Crippen LogP contribution in [0.15, 0.2) is 24.3 Å². The largest absolute Gasteiger partial charge is 0.497 e. The molecule has 1 unspecified atom stereocenters. The average molecular weight is 365 g/mol. The number of benzene rings is 1. The third-order valence-electron chi connectivity index (χ3n) is 4.76. The maximum Gasteiger partial charge on any atom is 0.313 e. The molecule has 26 heavy (non-hydrogen) atoms. The number of esters is 2. The van der Waals surface area contributed by atoms with Gasteiger partial charge in [-0.1, -0.05) is 12.1 Å². The van der Waals surface area contributed by atoms with E-state index in [1.807, 2.05) is 24.3 Å². The van der Waals surface area contributed by atoms with Gasteiger partial charge in [-0.2, -0.15) is 0 Å². The van der Waals surface area contributed by atoms with E-state index in [-0.39, 0.29) is 25.0 Å². The highest BCUT2D eigenvalue weighted by Gasteiger charge is 2.48. The summed E-state index contributed by atoms with van der Waals surface area (Å²) >= 11 is 0. The first-order chi connectivity index (χ1) is 12.2. The topological polar surface area (TPSA) is 87.9 Å². The Labute approximate surface area is 156 Å². The van der Waals surface area contributed by atoms with Crippen molar-refractivity contribution in [1.29, 1.82) is 0 Å². The van der Waals surface area contributed by atoms with E-state index in [0.29, 0.717) is 25.2 Å². The van der Waals surface area contributed by atoms with E-state index in [9.17, 15) is 9.59 Å². The van der Waals surface area contributed by atoms with E-state index in [1.165, 1.54) is 0 Å². The number of carbonyl (C=O) groups excluding carboxylic acids is 2. The summed E-state index contributed by atoms with van der Waals surface area (Å²) in [7, 11) is 1.60. The van der Waals surface area contributed by atoms with Crippen LogP contribution in [0.1, 0.15) is 46.1 Å². The van der Waals surface area contributed by atoms with Gasteiger partial charge in [-0.3, -0.25) is 9.59 Å². The van der Waals surface area contributed by atoms with Gasteiger partial charge in [0.1, 0.15) is 5.75 Å². The first kappa shape index (κ1) is 22.0. The predicted molar refractivity (Wildman–Crippen MR) is 99.9 cm³/mol. The van der Waals surface area contributed by atoms with Gasteiger partial charge in [-0.15, -0.1) is 0 Å². The van der Waals surface area contributed by atoms with E-state index < -0.39 is 11.0 Å². The number of methoxy groups -OCH3 is 1. The number of rotatable bonds is 10. The molecule has 0 amide bonds. The second-order valence-electron chi connectivity index (χ2n) is 6.83. The summed E-state index contributed by atoms with van der Waals surface area (Å²) < 4.78 is 15.5. The van der Waals surface area contributed by atoms with Gasteiger partial charge < -0.3 is 19.9 Å². The molecular formula is C20H31NO5. The monoisotopic (exact) mass is 365 g/mol.